The van der Waals surface area contributed by atoms with Crippen LogP contribution in [0.2, 0.25) is 0 Å². The maximum atomic E-state index is 11.8. The Kier molecular flexibility index (Phi) is 6.22. The summed E-state index contributed by atoms with van der Waals surface area (Å²) in [6.45, 7) is 8.99. The third-order valence-electron chi connectivity index (χ3n) is 3.79. The van der Waals surface area contributed by atoms with Gasteiger partial charge in [0.05, 0.1) is 6.54 Å². The minimum Gasteiger partial charge on any atom is -0.459 e. The molecule has 2 N–H and O–H groups in total. The Morgan fingerprint density at radius 2 is 2.00 bits per heavy atom. The zero-order chi connectivity index (χ0) is 18.4. The van der Waals surface area contributed by atoms with Gasteiger partial charge < -0.3 is 20.0 Å². The van der Waals surface area contributed by atoms with E-state index in [0.717, 1.165) is 27.9 Å². The molecule has 2 aromatic rings. The van der Waals surface area contributed by atoms with Crippen molar-refractivity contribution in [2.45, 2.75) is 20.4 Å². The lowest BCUT2D eigenvalue weighted by atomic mass is 10.1. The second kappa shape index (κ2) is 8.37. The van der Waals surface area contributed by atoms with Crippen molar-refractivity contribution in [2.24, 2.45) is 4.99 Å². The molecule has 0 aliphatic carbocycles. The quantitative estimate of drug-likeness (QED) is 0.481. The molecule has 0 fully saturated rings. The Labute approximate surface area is 148 Å². The molecule has 1 aromatic carbocycles. The molecule has 2 rings (SSSR count). The minimum atomic E-state index is -0.0589. The van der Waals surface area contributed by atoms with Crippen molar-refractivity contribution in [3.05, 3.63) is 47.7 Å². The summed E-state index contributed by atoms with van der Waals surface area (Å²) in [5, 5.41) is 7.49. The van der Waals surface area contributed by atoms with E-state index in [-0.39, 0.29) is 12.5 Å². The summed E-state index contributed by atoms with van der Waals surface area (Å²) in [6, 6.07) is 7.95. The number of carbonyl (C=O) groups is 1. The van der Waals surface area contributed by atoms with Crippen molar-refractivity contribution in [3.63, 3.8) is 0 Å². The number of likely N-dealkylation sites (N-methyl/N-ethyl adjacent to an activating group) is 1. The SMILES string of the molecule is C=C(C)CNC(=NCC(=O)N(C)C)NCc1oc2ccccc2c1C. The molecule has 0 atom stereocenters. The summed E-state index contributed by atoms with van der Waals surface area (Å²) in [6.07, 6.45) is 0. The van der Waals surface area contributed by atoms with Gasteiger partial charge in [0, 0.05) is 31.6 Å². The molecule has 0 unspecified atom stereocenters. The van der Waals surface area contributed by atoms with Crippen LogP contribution < -0.4 is 10.6 Å². The second-order valence-corrected chi connectivity index (χ2v) is 6.26. The average Bonchev–Trinajstić information content (AvgIpc) is 2.90. The van der Waals surface area contributed by atoms with Gasteiger partial charge in [-0.05, 0) is 19.9 Å². The molecule has 0 spiro atoms. The molecule has 0 aliphatic rings. The number of aliphatic imine (C=N–C) groups is 1. The third kappa shape index (κ3) is 5.11. The first kappa shape index (κ1) is 18.6. The van der Waals surface area contributed by atoms with Crippen molar-refractivity contribution in [1.82, 2.24) is 15.5 Å². The van der Waals surface area contributed by atoms with Crippen molar-refractivity contribution in [2.75, 3.05) is 27.2 Å². The van der Waals surface area contributed by atoms with Crippen LogP contribution in [0.3, 0.4) is 0 Å². The highest BCUT2D eigenvalue weighted by molar-refractivity contribution is 5.85. The van der Waals surface area contributed by atoms with Gasteiger partial charge in [-0.3, -0.25) is 4.79 Å². The molecule has 25 heavy (non-hydrogen) atoms. The number of nitrogens with zero attached hydrogens (tertiary/aromatic N) is 2. The van der Waals surface area contributed by atoms with E-state index in [9.17, 15) is 4.79 Å². The summed E-state index contributed by atoms with van der Waals surface area (Å²) in [7, 11) is 3.42. The number of fused-ring (bicyclic) bond motifs is 1. The predicted octanol–water partition coefficient (Wildman–Crippen LogP) is 2.44. The maximum absolute atomic E-state index is 11.8. The molecule has 134 valence electrons. The highest BCUT2D eigenvalue weighted by Gasteiger charge is 2.11. The number of nitrogens with one attached hydrogen (secondary N) is 2. The van der Waals surface area contributed by atoms with Crippen molar-refractivity contribution in [1.29, 1.82) is 0 Å². The van der Waals surface area contributed by atoms with E-state index in [1.165, 1.54) is 4.90 Å². The molecular formula is C19H26N4O2. The van der Waals surface area contributed by atoms with Gasteiger partial charge in [0.25, 0.3) is 0 Å². The number of para-hydroxylation sites is 1. The summed E-state index contributed by atoms with van der Waals surface area (Å²) in [4.78, 5) is 17.6. The zero-order valence-electron chi connectivity index (χ0n) is 15.3. The first-order valence-electron chi connectivity index (χ1n) is 8.22. The summed E-state index contributed by atoms with van der Waals surface area (Å²) in [5.74, 6) is 1.35. The molecule has 0 radical (unpaired) electrons. The fourth-order valence-electron chi connectivity index (χ4n) is 2.25. The van der Waals surface area contributed by atoms with Gasteiger partial charge in [-0.25, -0.2) is 4.99 Å². The molecule has 6 nitrogen and oxygen atoms in total. The van der Waals surface area contributed by atoms with Gasteiger partial charge in [-0.1, -0.05) is 30.4 Å². The molecule has 1 heterocycles. The molecule has 0 aliphatic heterocycles. The van der Waals surface area contributed by atoms with Gasteiger partial charge >= 0.3 is 0 Å². The fraction of sp³-hybridized carbons (Fsp3) is 0.368. The number of rotatable bonds is 6. The highest BCUT2D eigenvalue weighted by Crippen LogP contribution is 2.24. The zero-order valence-corrected chi connectivity index (χ0v) is 15.3. The van der Waals surface area contributed by atoms with Gasteiger partial charge in [0.15, 0.2) is 5.96 Å². The average molecular weight is 342 g/mol. The standard InChI is InChI=1S/C19H26N4O2/c1-13(2)10-20-19(22-12-18(24)23(4)5)21-11-17-14(3)15-8-6-7-9-16(15)25-17/h6-9H,1,10-12H2,2-5H3,(H2,20,21,22). The summed E-state index contributed by atoms with van der Waals surface area (Å²) >= 11 is 0. The van der Waals surface area contributed by atoms with Crippen LogP contribution in [0.25, 0.3) is 11.0 Å². The first-order chi connectivity index (χ1) is 11.9. The normalized spacial score (nSPS) is 11.4. The Bertz CT molecular complexity index is 790. The second-order valence-electron chi connectivity index (χ2n) is 6.26. The number of hydrogen-bond donors (Lipinski definition) is 2. The van der Waals surface area contributed by atoms with Crippen LogP contribution in [-0.4, -0.2) is 44.0 Å². The van der Waals surface area contributed by atoms with E-state index >= 15 is 0 Å². The highest BCUT2D eigenvalue weighted by atomic mass is 16.3. The number of amides is 1. The van der Waals surface area contributed by atoms with E-state index in [1.807, 2.05) is 38.1 Å². The van der Waals surface area contributed by atoms with E-state index in [4.69, 9.17) is 4.42 Å². The van der Waals surface area contributed by atoms with Crippen LogP contribution in [0.1, 0.15) is 18.2 Å². The first-order valence-corrected chi connectivity index (χ1v) is 8.22. The van der Waals surface area contributed by atoms with Crippen LogP contribution >= 0.6 is 0 Å². The number of aryl methyl sites for hydroxylation is 1. The molecule has 1 aromatic heterocycles. The molecular weight excluding hydrogens is 316 g/mol. The Morgan fingerprint density at radius 1 is 1.28 bits per heavy atom. The number of hydrogen-bond acceptors (Lipinski definition) is 3. The summed E-state index contributed by atoms with van der Waals surface area (Å²) < 4.78 is 5.90. The van der Waals surface area contributed by atoms with Gasteiger partial charge in [0.1, 0.15) is 17.9 Å². The lowest BCUT2D eigenvalue weighted by molar-refractivity contribution is -0.127. The lowest BCUT2D eigenvalue weighted by Gasteiger charge is -2.13. The molecule has 1 amide bonds. The van der Waals surface area contributed by atoms with Crippen LogP contribution in [0.5, 0.6) is 0 Å². The van der Waals surface area contributed by atoms with Crippen LogP contribution in [0.15, 0.2) is 45.8 Å². The van der Waals surface area contributed by atoms with E-state index in [2.05, 4.69) is 22.2 Å². The van der Waals surface area contributed by atoms with E-state index in [0.29, 0.717) is 19.0 Å². The van der Waals surface area contributed by atoms with E-state index in [1.54, 1.807) is 14.1 Å². The fourth-order valence-corrected chi connectivity index (χ4v) is 2.25. The Balaban J connectivity index is 2.09. The van der Waals surface area contributed by atoms with Gasteiger partial charge in [0.2, 0.25) is 5.91 Å². The smallest absolute Gasteiger partial charge is 0.243 e. The van der Waals surface area contributed by atoms with Gasteiger partial charge in [-0.15, -0.1) is 0 Å². The van der Waals surface area contributed by atoms with Crippen LogP contribution in [0.4, 0.5) is 0 Å². The Morgan fingerprint density at radius 3 is 2.64 bits per heavy atom. The third-order valence-corrected chi connectivity index (χ3v) is 3.79. The number of furan rings is 1. The number of carbonyl (C=O) groups excluding carboxylic acids is 1. The topological polar surface area (TPSA) is 69.9 Å². The lowest BCUT2D eigenvalue weighted by Crippen LogP contribution is -2.38. The predicted molar refractivity (Wildman–Crippen MR) is 102 cm³/mol. The van der Waals surface area contributed by atoms with Crippen molar-refractivity contribution < 1.29 is 9.21 Å². The maximum Gasteiger partial charge on any atom is 0.243 e. The van der Waals surface area contributed by atoms with E-state index < -0.39 is 0 Å². The minimum absolute atomic E-state index is 0.0589. The van der Waals surface area contributed by atoms with Crippen LogP contribution in [0, 0.1) is 6.92 Å². The number of guanidine groups is 1. The van der Waals surface area contributed by atoms with Gasteiger partial charge in [-0.2, -0.15) is 0 Å². The van der Waals surface area contributed by atoms with Crippen molar-refractivity contribution in [3.8, 4) is 0 Å². The molecule has 0 saturated carbocycles. The number of benzene rings is 1. The van der Waals surface area contributed by atoms with Crippen LogP contribution in [-0.2, 0) is 11.3 Å². The largest absolute Gasteiger partial charge is 0.459 e. The monoisotopic (exact) mass is 342 g/mol. The molecule has 6 heteroatoms. The van der Waals surface area contributed by atoms with Crippen molar-refractivity contribution >= 4 is 22.8 Å². The molecule has 0 bridgehead atoms. The molecule has 0 saturated heterocycles. The Hall–Kier alpha value is -2.76. The summed E-state index contributed by atoms with van der Waals surface area (Å²) in [5.41, 5.74) is 2.95.